The lowest BCUT2D eigenvalue weighted by Crippen LogP contribution is -2.39. The molecule has 0 saturated carbocycles. The van der Waals surface area contributed by atoms with Crippen LogP contribution in [-0.2, 0) is 6.54 Å². The van der Waals surface area contributed by atoms with Crippen LogP contribution in [0.25, 0.3) is 5.95 Å². The highest BCUT2D eigenvalue weighted by atomic mass is 16.5. The molecule has 7 heteroatoms. The molecule has 0 spiro atoms. The third-order valence-electron chi connectivity index (χ3n) is 6.58. The van der Waals surface area contributed by atoms with E-state index in [1.54, 1.807) is 12.4 Å². The predicted molar refractivity (Wildman–Crippen MR) is 126 cm³/mol. The number of carbonyl (C=O) groups is 1. The number of carbonyl (C=O) groups excluding carboxylic acids is 1. The minimum atomic E-state index is 0.103. The Hall–Kier alpha value is -3.19. The monoisotopic (exact) mass is 445 g/mol. The van der Waals surface area contributed by atoms with Crippen molar-refractivity contribution in [3.63, 3.8) is 0 Å². The second-order valence-electron chi connectivity index (χ2n) is 8.86. The summed E-state index contributed by atoms with van der Waals surface area (Å²) in [4.78, 5) is 26.2. The highest BCUT2D eigenvalue weighted by molar-refractivity contribution is 5.97. The largest absolute Gasteiger partial charge is 0.489 e. The predicted octanol–water partition coefficient (Wildman–Crippen LogP) is 3.94. The fraction of sp³-hybridized carbons (Fsp3) is 0.423. The second-order valence-corrected chi connectivity index (χ2v) is 8.86. The molecule has 0 bridgehead atoms. The molecule has 0 aliphatic carbocycles. The highest BCUT2D eigenvalue weighted by Crippen LogP contribution is 2.26. The van der Waals surface area contributed by atoms with Crippen LogP contribution < -0.4 is 4.74 Å². The van der Waals surface area contributed by atoms with Crippen molar-refractivity contribution in [2.45, 2.75) is 44.8 Å². The van der Waals surface area contributed by atoms with Crippen LogP contribution in [0.2, 0.25) is 0 Å². The molecule has 33 heavy (non-hydrogen) atoms. The van der Waals surface area contributed by atoms with Crippen LogP contribution in [0.4, 0.5) is 0 Å². The Morgan fingerprint density at radius 3 is 2.45 bits per heavy atom. The van der Waals surface area contributed by atoms with E-state index in [0.717, 1.165) is 64.2 Å². The Morgan fingerprint density at radius 2 is 1.67 bits per heavy atom. The van der Waals surface area contributed by atoms with Gasteiger partial charge in [-0.3, -0.25) is 14.3 Å². The van der Waals surface area contributed by atoms with Crippen molar-refractivity contribution in [3.05, 3.63) is 72.3 Å². The van der Waals surface area contributed by atoms with E-state index in [4.69, 9.17) is 4.74 Å². The van der Waals surface area contributed by atoms with Gasteiger partial charge in [-0.15, -0.1) is 0 Å². The van der Waals surface area contributed by atoms with E-state index in [1.165, 1.54) is 12.1 Å². The van der Waals surface area contributed by atoms with Gasteiger partial charge in [0.05, 0.1) is 5.56 Å². The summed E-state index contributed by atoms with van der Waals surface area (Å²) in [7, 11) is 0. The normalized spacial score (nSPS) is 17.8. The van der Waals surface area contributed by atoms with Crippen LogP contribution in [0.3, 0.4) is 0 Å². The Balaban J connectivity index is 1.19. The zero-order chi connectivity index (χ0) is 22.5. The molecule has 2 fully saturated rings. The number of hydrogen-bond donors (Lipinski definition) is 0. The maximum absolute atomic E-state index is 13.1. The van der Waals surface area contributed by atoms with Gasteiger partial charge in [0, 0.05) is 57.0 Å². The summed E-state index contributed by atoms with van der Waals surface area (Å²) in [5.74, 6) is 1.53. The van der Waals surface area contributed by atoms with Crippen LogP contribution >= 0.6 is 0 Å². The van der Waals surface area contributed by atoms with Crippen LogP contribution in [0, 0.1) is 0 Å². The van der Waals surface area contributed by atoms with Crippen molar-refractivity contribution in [1.29, 1.82) is 0 Å². The molecule has 3 aromatic rings. The summed E-state index contributed by atoms with van der Waals surface area (Å²) in [6.45, 7) is 4.45. The molecule has 5 rings (SSSR count). The van der Waals surface area contributed by atoms with Gasteiger partial charge >= 0.3 is 0 Å². The lowest BCUT2D eigenvalue weighted by molar-refractivity contribution is 0.0701. The van der Waals surface area contributed by atoms with E-state index in [9.17, 15) is 4.79 Å². The van der Waals surface area contributed by atoms with Crippen molar-refractivity contribution in [1.82, 2.24) is 24.3 Å². The molecule has 2 aliphatic heterocycles. The van der Waals surface area contributed by atoms with E-state index in [0.29, 0.717) is 11.5 Å². The van der Waals surface area contributed by atoms with Crippen molar-refractivity contribution in [2.75, 3.05) is 26.2 Å². The number of rotatable bonds is 6. The van der Waals surface area contributed by atoms with Crippen molar-refractivity contribution in [3.8, 4) is 11.7 Å². The summed E-state index contributed by atoms with van der Waals surface area (Å²) >= 11 is 0. The molecule has 172 valence electrons. The molecule has 0 atom stereocenters. The fourth-order valence-corrected chi connectivity index (χ4v) is 4.76. The Kier molecular flexibility index (Phi) is 6.67. The lowest BCUT2D eigenvalue weighted by atomic mass is 10.1. The van der Waals surface area contributed by atoms with Crippen LogP contribution in [0.15, 0.2) is 61.1 Å². The third kappa shape index (κ3) is 5.09. The van der Waals surface area contributed by atoms with Gasteiger partial charge in [-0.25, -0.2) is 9.97 Å². The number of likely N-dealkylation sites (tertiary alicyclic amines) is 2. The molecule has 2 saturated heterocycles. The average molecular weight is 446 g/mol. The lowest BCUT2D eigenvalue weighted by Gasteiger charge is -2.33. The first-order valence-corrected chi connectivity index (χ1v) is 12.0. The number of aromatic nitrogens is 3. The first kappa shape index (κ1) is 21.6. The van der Waals surface area contributed by atoms with Gasteiger partial charge in [-0.2, -0.15) is 0 Å². The molecule has 2 aliphatic rings. The molecule has 0 unspecified atom stereocenters. The molecule has 1 aromatic carbocycles. The molecule has 0 N–H and O–H groups in total. The zero-order valence-corrected chi connectivity index (χ0v) is 19.0. The van der Waals surface area contributed by atoms with Gasteiger partial charge in [0.15, 0.2) is 0 Å². The Morgan fingerprint density at radius 1 is 0.909 bits per heavy atom. The van der Waals surface area contributed by atoms with Crippen molar-refractivity contribution < 1.29 is 9.53 Å². The number of ether oxygens (including phenoxy) is 1. The van der Waals surface area contributed by atoms with E-state index in [2.05, 4.69) is 20.9 Å². The first-order chi connectivity index (χ1) is 16.3. The number of hydrogen-bond acceptors (Lipinski definition) is 5. The second kappa shape index (κ2) is 10.2. The van der Waals surface area contributed by atoms with Gasteiger partial charge < -0.3 is 9.64 Å². The van der Waals surface area contributed by atoms with Gasteiger partial charge in [0.1, 0.15) is 11.9 Å². The maximum Gasteiger partial charge on any atom is 0.257 e. The van der Waals surface area contributed by atoms with Gasteiger partial charge in [-0.05, 0) is 62.4 Å². The smallest absolute Gasteiger partial charge is 0.257 e. The van der Waals surface area contributed by atoms with Gasteiger partial charge in [0.2, 0.25) is 5.95 Å². The van der Waals surface area contributed by atoms with Crippen molar-refractivity contribution in [2.24, 2.45) is 0 Å². The number of nitrogens with zero attached hydrogens (tertiary/aromatic N) is 5. The standard InChI is InChI=1S/C26H31N5O2/c32-25(30-15-4-1-5-16-30)23-9-2-3-10-24(23)33-22-11-18-29(19-12-22)20-21-8-6-17-31(21)26-27-13-7-14-28-26/h2-3,6-10,13-14,17,22H,1,4-5,11-12,15-16,18-20H2. The summed E-state index contributed by atoms with van der Waals surface area (Å²) in [6.07, 6.45) is 10.9. The fourth-order valence-electron chi connectivity index (χ4n) is 4.76. The number of amides is 1. The van der Waals surface area contributed by atoms with E-state index in [-0.39, 0.29) is 12.0 Å². The third-order valence-corrected chi connectivity index (χ3v) is 6.58. The van der Waals surface area contributed by atoms with Crippen LogP contribution in [0.5, 0.6) is 5.75 Å². The minimum Gasteiger partial charge on any atom is -0.489 e. The number of para-hydroxylation sites is 1. The van der Waals surface area contributed by atoms with Gasteiger partial charge in [-0.1, -0.05) is 12.1 Å². The number of piperidine rings is 2. The summed E-state index contributed by atoms with van der Waals surface area (Å²) in [5, 5.41) is 0. The summed E-state index contributed by atoms with van der Waals surface area (Å²) in [5.41, 5.74) is 1.88. The quantitative estimate of drug-likeness (QED) is 0.575. The minimum absolute atomic E-state index is 0.103. The summed E-state index contributed by atoms with van der Waals surface area (Å²) in [6, 6.07) is 13.7. The molecule has 4 heterocycles. The Labute approximate surface area is 195 Å². The van der Waals surface area contributed by atoms with E-state index >= 15 is 0 Å². The van der Waals surface area contributed by atoms with E-state index in [1.807, 2.05) is 52.1 Å². The topological polar surface area (TPSA) is 63.5 Å². The molecule has 2 aromatic heterocycles. The molecule has 7 nitrogen and oxygen atoms in total. The molecule has 1 amide bonds. The molecular weight excluding hydrogens is 414 g/mol. The number of benzene rings is 1. The Bertz CT molecular complexity index is 1050. The van der Waals surface area contributed by atoms with Crippen molar-refractivity contribution >= 4 is 5.91 Å². The van der Waals surface area contributed by atoms with Gasteiger partial charge in [0.25, 0.3) is 5.91 Å². The molecule has 0 radical (unpaired) electrons. The van der Waals surface area contributed by atoms with Crippen LogP contribution in [0.1, 0.15) is 48.2 Å². The SMILES string of the molecule is O=C(c1ccccc1OC1CCN(Cc2cccn2-c2ncccn2)CC1)N1CCCCC1. The average Bonchev–Trinajstić information content (AvgIpc) is 3.34. The highest BCUT2D eigenvalue weighted by Gasteiger charge is 2.25. The maximum atomic E-state index is 13.1. The first-order valence-electron chi connectivity index (χ1n) is 12.0. The molecular formula is C26H31N5O2. The zero-order valence-electron chi connectivity index (χ0n) is 19.0. The summed E-state index contributed by atoms with van der Waals surface area (Å²) < 4.78 is 8.42. The van der Waals surface area contributed by atoms with E-state index < -0.39 is 0 Å². The van der Waals surface area contributed by atoms with Crippen LogP contribution in [-0.4, -0.2) is 62.5 Å².